The first-order chi connectivity index (χ1) is 10.3. The Morgan fingerprint density at radius 1 is 1.23 bits per heavy atom. The van der Waals surface area contributed by atoms with Crippen molar-refractivity contribution in [3.8, 4) is 0 Å². The number of hydrogen-bond donors (Lipinski definition) is 1. The van der Waals surface area contributed by atoms with Gasteiger partial charge in [-0.15, -0.1) is 0 Å². The number of halogens is 3. The van der Waals surface area contributed by atoms with Crippen molar-refractivity contribution in [3.63, 3.8) is 0 Å². The van der Waals surface area contributed by atoms with Gasteiger partial charge in [0.2, 0.25) is 0 Å². The maximum absolute atomic E-state index is 12.7. The smallest absolute Gasteiger partial charge is 0.363 e. The lowest BCUT2D eigenvalue weighted by Gasteiger charge is -2.04. The number of aromatic nitrogens is 4. The van der Waals surface area contributed by atoms with Crippen LogP contribution in [0.25, 0.3) is 0 Å². The molecule has 0 aromatic carbocycles. The summed E-state index contributed by atoms with van der Waals surface area (Å²) in [6, 6.07) is 2.93. The lowest BCUT2D eigenvalue weighted by Crippen LogP contribution is -2.11. The summed E-state index contributed by atoms with van der Waals surface area (Å²) in [6.45, 7) is 5.10. The topological polar surface area (TPSA) is 47.7 Å². The van der Waals surface area contributed by atoms with Gasteiger partial charge in [0.1, 0.15) is 11.5 Å². The monoisotopic (exact) mass is 315 g/mol. The predicted molar refractivity (Wildman–Crippen MR) is 77.4 cm³/mol. The first kappa shape index (κ1) is 16.4. The van der Waals surface area contributed by atoms with Crippen molar-refractivity contribution < 1.29 is 13.2 Å². The molecule has 0 fully saturated rings. The van der Waals surface area contributed by atoms with E-state index in [2.05, 4.69) is 22.4 Å². The lowest BCUT2D eigenvalue weighted by molar-refractivity contribution is -0.143. The summed E-state index contributed by atoms with van der Waals surface area (Å²) in [5.41, 5.74) is 0.595. The molecule has 2 aromatic rings. The SMILES string of the molecule is CCCCn1nc(NCc2cc(C(F)(F)F)n(C)n2)cc1C. The van der Waals surface area contributed by atoms with Gasteiger partial charge in [-0.3, -0.25) is 9.36 Å². The minimum atomic E-state index is -4.39. The normalized spacial score (nSPS) is 11.9. The predicted octanol–water partition coefficient (Wildman–Crippen LogP) is 3.36. The van der Waals surface area contributed by atoms with E-state index < -0.39 is 11.9 Å². The highest BCUT2D eigenvalue weighted by Crippen LogP contribution is 2.29. The molecular weight excluding hydrogens is 295 g/mol. The second-order valence-corrected chi connectivity index (χ2v) is 5.24. The summed E-state index contributed by atoms with van der Waals surface area (Å²) < 4.78 is 40.9. The molecule has 0 radical (unpaired) electrons. The molecule has 0 saturated heterocycles. The van der Waals surface area contributed by atoms with Crippen molar-refractivity contribution in [1.82, 2.24) is 19.6 Å². The second-order valence-electron chi connectivity index (χ2n) is 5.24. The van der Waals surface area contributed by atoms with Gasteiger partial charge >= 0.3 is 6.18 Å². The van der Waals surface area contributed by atoms with E-state index in [1.807, 2.05) is 17.7 Å². The Hall–Kier alpha value is -1.99. The molecule has 122 valence electrons. The van der Waals surface area contributed by atoms with Crippen LogP contribution < -0.4 is 5.32 Å². The van der Waals surface area contributed by atoms with Gasteiger partial charge < -0.3 is 5.32 Å². The molecule has 5 nitrogen and oxygen atoms in total. The van der Waals surface area contributed by atoms with Gasteiger partial charge in [-0.1, -0.05) is 13.3 Å². The quantitative estimate of drug-likeness (QED) is 0.889. The Labute approximate surface area is 127 Å². The van der Waals surface area contributed by atoms with Crippen molar-refractivity contribution in [1.29, 1.82) is 0 Å². The molecule has 2 aromatic heterocycles. The fourth-order valence-electron chi connectivity index (χ4n) is 2.19. The molecule has 0 amide bonds. The molecule has 0 aliphatic rings. The van der Waals surface area contributed by atoms with E-state index in [0.29, 0.717) is 11.5 Å². The number of unbranched alkanes of at least 4 members (excludes halogenated alkanes) is 1. The fourth-order valence-corrected chi connectivity index (χ4v) is 2.19. The standard InChI is InChI=1S/C14H20F3N5/c1-4-5-6-22-10(2)7-13(20-22)18-9-11-8-12(14(15,16)17)21(3)19-11/h7-8H,4-6,9H2,1-3H3,(H,18,20). The first-order valence-corrected chi connectivity index (χ1v) is 7.19. The molecule has 8 heteroatoms. The van der Waals surface area contributed by atoms with Crippen molar-refractivity contribution in [2.45, 2.75) is 46.0 Å². The Balaban J connectivity index is 2.01. The van der Waals surface area contributed by atoms with Crippen LogP contribution in [0.15, 0.2) is 12.1 Å². The third-order valence-electron chi connectivity index (χ3n) is 3.38. The molecule has 0 saturated carbocycles. The largest absolute Gasteiger partial charge is 0.433 e. The first-order valence-electron chi connectivity index (χ1n) is 7.19. The minimum absolute atomic E-state index is 0.203. The number of anilines is 1. The Morgan fingerprint density at radius 2 is 1.95 bits per heavy atom. The number of alkyl halides is 3. The Kier molecular flexibility index (Phi) is 4.77. The van der Waals surface area contributed by atoms with Gasteiger partial charge in [0, 0.05) is 25.4 Å². The summed E-state index contributed by atoms with van der Waals surface area (Å²) in [5.74, 6) is 0.646. The lowest BCUT2D eigenvalue weighted by atomic mass is 10.3. The van der Waals surface area contributed by atoms with E-state index in [1.165, 1.54) is 7.05 Å². The Bertz CT molecular complexity index is 627. The van der Waals surface area contributed by atoms with E-state index in [1.54, 1.807) is 0 Å². The number of nitrogens with one attached hydrogen (secondary N) is 1. The van der Waals surface area contributed by atoms with E-state index in [0.717, 1.165) is 35.8 Å². The van der Waals surface area contributed by atoms with Crippen molar-refractivity contribution in [2.24, 2.45) is 7.05 Å². The van der Waals surface area contributed by atoms with Crippen LogP contribution in [0.1, 0.15) is 36.8 Å². The highest BCUT2D eigenvalue weighted by Gasteiger charge is 2.34. The molecule has 22 heavy (non-hydrogen) atoms. The highest BCUT2D eigenvalue weighted by molar-refractivity contribution is 5.36. The molecule has 0 aliphatic heterocycles. The zero-order chi connectivity index (χ0) is 16.3. The highest BCUT2D eigenvalue weighted by atomic mass is 19.4. The summed E-state index contributed by atoms with van der Waals surface area (Å²) in [7, 11) is 1.29. The van der Waals surface area contributed by atoms with E-state index >= 15 is 0 Å². The van der Waals surface area contributed by atoms with Gasteiger partial charge in [0.05, 0.1) is 12.2 Å². The minimum Gasteiger partial charge on any atom is -0.363 e. The van der Waals surface area contributed by atoms with Crippen LogP contribution in [-0.4, -0.2) is 19.6 Å². The molecule has 2 heterocycles. The fraction of sp³-hybridized carbons (Fsp3) is 0.571. The van der Waals surface area contributed by atoms with Crippen LogP contribution in [0.4, 0.5) is 19.0 Å². The molecule has 0 aliphatic carbocycles. The van der Waals surface area contributed by atoms with Crippen LogP contribution >= 0.6 is 0 Å². The van der Waals surface area contributed by atoms with Crippen molar-refractivity contribution in [3.05, 3.63) is 29.2 Å². The molecule has 0 atom stereocenters. The van der Waals surface area contributed by atoms with Crippen LogP contribution in [0.5, 0.6) is 0 Å². The van der Waals surface area contributed by atoms with E-state index in [-0.39, 0.29) is 6.54 Å². The average Bonchev–Trinajstić information content (AvgIpc) is 2.97. The maximum atomic E-state index is 12.7. The summed E-state index contributed by atoms with van der Waals surface area (Å²) in [6.07, 6.45) is -2.27. The third-order valence-corrected chi connectivity index (χ3v) is 3.38. The zero-order valence-electron chi connectivity index (χ0n) is 12.9. The van der Waals surface area contributed by atoms with Crippen molar-refractivity contribution in [2.75, 3.05) is 5.32 Å². The summed E-state index contributed by atoms with van der Waals surface area (Å²) >= 11 is 0. The molecule has 2 rings (SSSR count). The summed E-state index contributed by atoms with van der Waals surface area (Å²) in [4.78, 5) is 0. The number of nitrogens with zero attached hydrogens (tertiary/aromatic N) is 4. The zero-order valence-corrected chi connectivity index (χ0v) is 12.9. The number of aryl methyl sites for hydroxylation is 3. The summed E-state index contributed by atoms with van der Waals surface area (Å²) in [5, 5.41) is 11.3. The molecule has 1 N–H and O–H groups in total. The molecule has 0 spiro atoms. The number of rotatable bonds is 6. The van der Waals surface area contributed by atoms with Gasteiger partial charge in [0.25, 0.3) is 0 Å². The van der Waals surface area contributed by atoms with Crippen LogP contribution in [0, 0.1) is 6.92 Å². The van der Waals surface area contributed by atoms with Crippen LogP contribution in [0.3, 0.4) is 0 Å². The van der Waals surface area contributed by atoms with Crippen LogP contribution in [-0.2, 0) is 26.3 Å². The van der Waals surface area contributed by atoms with E-state index in [9.17, 15) is 13.2 Å². The van der Waals surface area contributed by atoms with E-state index in [4.69, 9.17) is 0 Å². The molecule has 0 unspecified atom stereocenters. The Morgan fingerprint density at radius 3 is 2.55 bits per heavy atom. The second kappa shape index (κ2) is 6.41. The van der Waals surface area contributed by atoms with Crippen LogP contribution in [0.2, 0.25) is 0 Å². The maximum Gasteiger partial charge on any atom is 0.433 e. The molecular formula is C14H20F3N5. The third kappa shape index (κ3) is 3.80. The average molecular weight is 315 g/mol. The van der Waals surface area contributed by atoms with Gasteiger partial charge in [0.15, 0.2) is 0 Å². The van der Waals surface area contributed by atoms with Gasteiger partial charge in [-0.25, -0.2) is 0 Å². The number of hydrogen-bond acceptors (Lipinski definition) is 3. The molecule has 0 bridgehead atoms. The van der Waals surface area contributed by atoms with Gasteiger partial charge in [-0.05, 0) is 19.4 Å². The van der Waals surface area contributed by atoms with Crippen molar-refractivity contribution >= 4 is 5.82 Å². The van der Waals surface area contributed by atoms with Gasteiger partial charge in [-0.2, -0.15) is 23.4 Å².